The Bertz CT molecular complexity index is 757. The van der Waals surface area contributed by atoms with Gasteiger partial charge in [-0.25, -0.2) is 9.97 Å². The van der Waals surface area contributed by atoms with Crippen LogP contribution in [0.2, 0.25) is 15.1 Å². The van der Waals surface area contributed by atoms with Crippen LogP contribution in [0, 0.1) is 0 Å². The van der Waals surface area contributed by atoms with Gasteiger partial charge in [0.1, 0.15) is 17.2 Å². The molecular weight excluding hydrogens is 373 g/mol. The average Bonchev–Trinajstić information content (AvgIpc) is 2.57. The summed E-state index contributed by atoms with van der Waals surface area (Å²) in [6.45, 7) is 2.15. The molecule has 2 aromatic rings. The van der Waals surface area contributed by atoms with E-state index in [1.54, 1.807) is 23.1 Å². The minimum absolute atomic E-state index is 0.182. The van der Waals surface area contributed by atoms with Crippen molar-refractivity contribution in [2.45, 2.75) is 0 Å². The number of hydrogen-bond donors (Lipinski definition) is 1. The predicted octanol–water partition coefficient (Wildman–Crippen LogP) is 2.98. The minimum Gasteiger partial charge on any atom is -0.382 e. The fourth-order valence-corrected chi connectivity index (χ4v) is 3.35. The predicted molar refractivity (Wildman–Crippen MR) is 96.0 cm³/mol. The van der Waals surface area contributed by atoms with Crippen molar-refractivity contribution in [2.75, 3.05) is 36.8 Å². The van der Waals surface area contributed by atoms with E-state index >= 15 is 0 Å². The molecule has 1 aliphatic rings. The first kappa shape index (κ1) is 17.1. The molecule has 1 aromatic heterocycles. The largest absolute Gasteiger partial charge is 0.382 e. The Morgan fingerprint density at radius 2 is 1.67 bits per heavy atom. The Morgan fingerprint density at radius 3 is 2.29 bits per heavy atom. The number of nitrogens with two attached hydrogens (primary N) is 1. The van der Waals surface area contributed by atoms with Crippen LogP contribution in [0.15, 0.2) is 24.5 Å². The molecule has 0 radical (unpaired) electrons. The molecule has 9 heteroatoms. The molecular formula is C15H14Cl3N5O. The van der Waals surface area contributed by atoms with Gasteiger partial charge in [0, 0.05) is 26.2 Å². The number of halogens is 3. The first-order valence-electron chi connectivity index (χ1n) is 7.23. The highest BCUT2D eigenvalue weighted by molar-refractivity contribution is 6.39. The Balaban J connectivity index is 1.73. The molecule has 0 aliphatic carbocycles. The van der Waals surface area contributed by atoms with Crippen LogP contribution in [0.1, 0.15) is 10.4 Å². The Hall–Kier alpha value is -1.76. The molecule has 3 rings (SSSR count). The molecule has 0 unspecified atom stereocenters. The van der Waals surface area contributed by atoms with Crippen LogP contribution in [-0.4, -0.2) is 47.0 Å². The van der Waals surface area contributed by atoms with Crippen molar-refractivity contribution < 1.29 is 4.79 Å². The van der Waals surface area contributed by atoms with E-state index in [1.807, 2.05) is 4.90 Å². The van der Waals surface area contributed by atoms with Gasteiger partial charge in [-0.2, -0.15) is 0 Å². The summed E-state index contributed by atoms with van der Waals surface area (Å²) < 4.78 is 0. The molecule has 0 spiro atoms. The fourth-order valence-electron chi connectivity index (χ4n) is 2.58. The molecule has 1 fully saturated rings. The van der Waals surface area contributed by atoms with Crippen molar-refractivity contribution in [1.29, 1.82) is 0 Å². The summed E-state index contributed by atoms with van der Waals surface area (Å²) in [5.41, 5.74) is 6.04. The summed E-state index contributed by atoms with van der Waals surface area (Å²) in [4.78, 5) is 24.4. The number of carbonyl (C=O) groups excluding carboxylic acids is 1. The summed E-state index contributed by atoms with van der Waals surface area (Å²) in [6, 6.07) is 5.02. The summed E-state index contributed by atoms with van der Waals surface area (Å²) >= 11 is 18.4. The third-order valence-electron chi connectivity index (χ3n) is 3.84. The van der Waals surface area contributed by atoms with E-state index < -0.39 is 0 Å². The molecule has 6 nitrogen and oxygen atoms in total. The number of carbonyl (C=O) groups is 1. The topological polar surface area (TPSA) is 75.3 Å². The number of rotatable bonds is 2. The van der Waals surface area contributed by atoms with Crippen LogP contribution < -0.4 is 10.6 Å². The molecule has 2 heterocycles. The second-order valence-corrected chi connectivity index (χ2v) is 6.46. The molecule has 1 saturated heterocycles. The van der Waals surface area contributed by atoms with E-state index in [-0.39, 0.29) is 11.7 Å². The lowest BCUT2D eigenvalue weighted by atomic mass is 10.1. The second-order valence-electron chi connectivity index (χ2n) is 5.27. The van der Waals surface area contributed by atoms with Crippen molar-refractivity contribution in [3.63, 3.8) is 0 Å². The van der Waals surface area contributed by atoms with E-state index in [2.05, 4.69) is 9.97 Å². The number of nitrogen functional groups attached to an aromatic ring is 1. The maximum absolute atomic E-state index is 12.7. The normalized spacial score (nSPS) is 14.8. The van der Waals surface area contributed by atoms with E-state index in [1.165, 1.54) is 6.33 Å². The van der Waals surface area contributed by atoms with Gasteiger partial charge in [-0.15, -0.1) is 0 Å². The van der Waals surface area contributed by atoms with Gasteiger partial charge >= 0.3 is 0 Å². The van der Waals surface area contributed by atoms with Gasteiger partial charge in [0.25, 0.3) is 5.91 Å². The Labute approximate surface area is 154 Å². The number of piperazine rings is 1. The zero-order chi connectivity index (χ0) is 17.3. The van der Waals surface area contributed by atoms with Crippen LogP contribution in [0.5, 0.6) is 0 Å². The maximum atomic E-state index is 12.7. The van der Waals surface area contributed by atoms with Gasteiger partial charge in [0.05, 0.1) is 15.6 Å². The monoisotopic (exact) mass is 385 g/mol. The van der Waals surface area contributed by atoms with Crippen LogP contribution >= 0.6 is 34.8 Å². The molecule has 1 aromatic carbocycles. The maximum Gasteiger partial charge on any atom is 0.257 e. The first-order chi connectivity index (χ1) is 11.5. The summed E-state index contributed by atoms with van der Waals surface area (Å²) in [5, 5.41) is 1.02. The molecule has 2 N–H and O–H groups in total. The molecule has 0 bridgehead atoms. The van der Waals surface area contributed by atoms with Crippen molar-refractivity contribution in [3.05, 3.63) is 45.2 Å². The molecule has 0 atom stereocenters. The third-order valence-corrected chi connectivity index (χ3v) is 4.83. The van der Waals surface area contributed by atoms with Crippen LogP contribution in [0.3, 0.4) is 0 Å². The highest BCUT2D eigenvalue weighted by atomic mass is 35.5. The van der Waals surface area contributed by atoms with Gasteiger partial charge in [-0.1, -0.05) is 40.9 Å². The zero-order valence-electron chi connectivity index (χ0n) is 12.5. The standard InChI is InChI=1S/C15H14Cl3N5O/c16-9-2-1-3-10(17)11(9)15(24)23-6-4-22(5-7-23)14-12(18)13(19)20-8-21-14/h1-3,8H,4-7H2,(H2,19,20,21). The van der Waals surface area contributed by atoms with E-state index in [0.717, 1.165) is 0 Å². The summed E-state index contributed by atoms with van der Waals surface area (Å²) in [5.74, 6) is 0.633. The van der Waals surface area contributed by atoms with E-state index in [4.69, 9.17) is 40.5 Å². The molecule has 24 heavy (non-hydrogen) atoms. The molecule has 1 amide bonds. The number of anilines is 2. The number of nitrogens with zero attached hydrogens (tertiary/aromatic N) is 4. The number of benzene rings is 1. The van der Waals surface area contributed by atoms with Crippen molar-refractivity contribution in [3.8, 4) is 0 Å². The van der Waals surface area contributed by atoms with Gasteiger partial charge in [0.2, 0.25) is 0 Å². The number of amides is 1. The lowest BCUT2D eigenvalue weighted by molar-refractivity contribution is 0.0747. The van der Waals surface area contributed by atoms with Gasteiger partial charge in [-0.05, 0) is 12.1 Å². The molecule has 126 valence electrons. The Morgan fingerprint density at radius 1 is 1.04 bits per heavy atom. The molecule has 0 saturated carbocycles. The van der Waals surface area contributed by atoms with E-state index in [9.17, 15) is 4.79 Å². The summed E-state index contributed by atoms with van der Waals surface area (Å²) in [7, 11) is 0. The lowest BCUT2D eigenvalue weighted by Gasteiger charge is -2.36. The highest BCUT2D eigenvalue weighted by Crippen LogP contribution is 2.29. The van der Waals surface area contributed by atoms with Gasteiger partial charge in [0.15, 0.2) is 5.82 Å². The third kappa shape index (κ3) is 3.22. The van der Waals surface area contributed by atoms with Crippen LogP contribution in [0.4, 0.5) is 11.6 Å². The van der Waals surface area contributed by atoms with Crippen molar-refractivity contribution in [1.82, 2.24) is 14.9 Å². The van der Waals surface area contributed by atoms with E-state index in [0.29, 0.717) is 52.6 Å². The number of hydrogen-bond acceptors (Lipinski definition) is 5. The van der Waals surface area contributed by atoms with Crippen molar-refractivity contribution >= 4 is 52.3 Å². The first-order valence-corrected chi connectivity index (χ1v) is 8.36. The fraction of sp³-hybridized carbons (Fsp3) is 0.267. The van der Waals surface area contributed by atoms with Crippen LogP contribution in [-0.2, 0) is 0 Å². The second kappa shape index (κ2) is 7.01. The van der Waals surface area contributed by atoms with Crippen LogP contribution in [0.25, 0.3) is 0 Å². The SMILES string of the molecule is Nc1ncnc(N2CCN(C(=O)c3c(Cl)cccc3Cl)CC2)c1Cl. The Kier molecular flexibility index (Phi) is 4.99. The van der Waals surface area contributed by atoms with Crippen molar-refractivity contribution in [2.24, 2.45) is 0 Å². The van der Waals surface area contributed by atoms with Gasteiger partial charge in [-0.3, -0.25) is 4.79 Å². The highest BCUT2D eigenvalue weighted by Gasteiger charge is 2.26. The summed E-state index contributed by atoms with van der Waals surface area (Å²) in [6.07, 6.45) is 1.37. The average molecular weight is 387 g/mol. The smallest absolute Gasteiger partial charge is 0.257 e. The zero-order valence-corrected chi connectivity index (χ0v) is 14.8. The molecule has 1 aliphatic heterocycles. The van der Waals surface area contributed by atoms with Gasteiger partial charge < -0.3 is 15.5 Å². The lowest BCUT2D eigenvalue weighted by Crippen LogP contribution is -2.49. The number of aromatic nitrogens is 2. The minimum atomic E-state index is -0.182. The quantitative estimate of drug-likeness (QED) is 0.859.